The van der Waals surface area contributed by atoms with Crippen LogP contribution in [0, 0.1) is 5.92 Å². The van der Waals surface area contributed by atoms with Crippen molar-refractivity contribution >= 4 is 28.4 Å². The van der Waals surface area contributed by atoms with Crippen molar-refractivity contribution in [3.8, 4) is 16.9 Å². The van der Waals surface area contributed by atoms with Gasteiger partial charge in [-0.1, -0.05) is 19.4 Å². The minimum absolute atomic E-state index is 0.234. The number of piperidine rings is 1. The molecule has 0 spiro atoms. The molecule has 3 aliphatic rings. The number of nitrogen functional groups attached to an aromatic ring is 1. The van der Waals surface area contributed by atoms with Gasteiger partial charge in [-0.05, 0) is 56.8 Å². The topological polar surface area (TPSA) is 116 Å². The van der Waals surface area contributed by atoms with Gasteiger partial charge in [-0.25, -0.2) is 15.0 Å². The lowest BCUT2D eigenvalue weighted by atomic mass is 10.00. The van der Waals surface area contributed by atoms with E-state index in [-0.39, 0.29) is 12.0 Å². The number of aliphatic hydroxyl groups is 1. The molecule has 1 aromatic carbocycles. The number of hydrogen-bond donors (Lipinski definition) is 3. The zero-order valence-electron chi connectivity index (χ0n) is 25.3. The number of rotatable bonds is 8. The highest BCUT2D eigenvalue weighted by Gasteiger charge is 2.28. The van der Waals surface area contributed by atoms with E-state index in [0.717, 1.165) is 91.5 Å². The van der Waals surface area contributed by atoms with Gasteiger partial charge < -0.3 is 30.7 Å². The number of aliphatic hydroxyl groups excluding tert-OH is 1. The highest BCUT2D eigenvalue weighted by molar-refractivity contribution is 5.97. The predicted octanol–water partition coefficient (Wildman–Crippen LogP) is 3.63. The Morgan fingerprint density at radius 1 is 1.02 bits per heavy atom. The Labute approximate surface area is 249 Å². The molecule has 0 bridgehead atoms. The third-order valence-electron chi connectivity index (χ3n) is 9.63. The van der Waals surface area contributed by atoms with Gasteiger partial charge >= 0.3 is 0 Å². The van der Waals surface area contributed by atoms with E-state index in [9.17, 15) is 5.11 Å². The Balaban J connectivity index is 1.25. The fraction of sp³-hybridized carbons (Fsp3) is 0.594. The number of fused-ring (bicyclic) bond motifs is 1. The first-order valence-corrected chi connectivity index (χ1v) is 15.7. The highest BCUT2D eigenvalue weighted by Crippen LogP contribution is 2.38. The molecule has 3 fully saturated rings. The summed E-state index contributed by atoms with van der Waals surface area (Å²) in [7, 11) is 3.96. The van der Waals surface area contributed by atoms with Crippen LogP contribution in [0.1, 0.15) is 44.7 Å². The van der Waals surface area contributed by atoms with E-state index in [1.54, 1.807) is 13.3 Å². The molecule has 4 heterocycles. The van der Waals surface area contributed by atoms with E-state index >= 15 is 0 Å². The van der Waals surface area contributed by atoms with Crippen LogP contribution in [0.2, 0.25) is 0 Å². The van der Waals surface area contributed by atoms with Crippen molar-refractivity contribution in [2.45, 2.75) is 57.6 Å². The summed E-state index contributed by atoms with van der Waals surface area (Å²) >= 11 is 0. The molecule has 10 nitrogen and oxygen atoms in total. The molecular formula is C32H46N8O2. The van der Waals surface area contributed by atoms with Gasteiger partial charge in [0.1, 0.15) is 22.6 Å². The largest absolute Gasteiger partial charge is 0.495 e. The molecule has 4 N–H and O–H groups in total. The second-order valence-electron chi connectivity index (χ2n) is 12.2. The van der Waals surface area contributed by atoms with Gasteiger partial charge in [-0.3, -0.25) is 4.90 Å². The highest BCUT2D eigenvalue weighted by atomic mass is 16.5. The van der Waals surface area contributed by atoms with Crippen LogP contribution in [0.5, 0.6) is 5.75 Å². The SMILES string of the molecule is CCc1nc2c(N)ncc(-c3ccc(N4CCC(N5CCN(C)CC5)CC4)c(OC)c3)c2nc1NCC1CCCC1O. The van der Waals surface area contributed by atoms with Crippen molar-refractivity contribution in [2.24, 2.45) is 5.92 Å². The maximum absolute atomic E-state index is 10.3. The molecule has 3 aromatic rings. The third kappa shape index (κ3) is 5.85. The van der Waals surface area contributed by atoms with Crippen molar-refractivity contribution in [2.75, 3.05) is 75.9 Å². The molecule has 226 valence electrons. The molecule has 2 atom stereocenters. The smallest absolute Gasteiger partial charge is 0.151 e. The Kier molecular flexibility index (Phi) is 8.65. The van der Waals surface area contributed by atoms with Gasteiger partial charge in [0.25, 0.3) is 0 Å². The molecule has 10 heteroatoms. The monoisotopic (exact) mass is 574 g/mol. The number of hydrogen-bond acceptors (Lipinski definition) is 10. The van der Waals surface area contributed by atoms with Crippen LogP contribution in [0.15, 0.2) is 24.4 Å². The molecule has 2 unspecified atom stereocenters. The molecule has 0 radical (unpaired) electrons. The number of nitrogens with zero attached hydrogens (tertiary/aromatic N) is 6. The van der Waals surface area contributed by atoms with Gasteiger partial charge in [-0.15, -0.1) is 0 Å². The number of nitrogens with one attached hydrogen (secondary N) is 1. The van der Waals surface area contributed by atoms with E-state index in [2.05, 4.69) is 57.2 Å². The first-order chi connectivity index (χ1) is 20.4. The maximum atomic E-state index is 10.3. The number of piperazine rings is 1. The van der Waals surface area contributed by atoms with Crippen molar-refractivity contribution in [1.29, 1.82) is 0 Å². The van der Waals surface area contributed by atoms with Crippen LogP contribution in [0.4, 0.5) is 17.3 Å². The van der Waals surface area contributed by atoms with E-state index in [4.69, 9.17) is 20.4 Å². The summed E-state index contributed by atoms with van der Waals surface area (Å²) in [6, 6.07) is 7.06. The molecule has 1 aliphatic carbocycles. The number of likely N-dealkylation sites (N-methyl/N-ethyl adjacent to an activating group) is 1. The fourth-order valence-electron chi connectivity index (χ4n) is 6.94. The van der Waals surface area contributed by atoms with E-state index < -0.39 is 0 Å². The van der Waals surface area contributed by atoms with E-state index in [1.807, 2.05) is 0 Å². The number of anilines is 3. The van der Waals surface area contributed by atoms with Gasteiger partial charge in [0.2, 0.25) is 0 Å². The average molecular weight is 575 g/mol. The van der Waals surface area contributed by atoms with Crippen LogP contribution in [-0.4, -0.2) is 102 Å². The fourth-order valence-corrected chi connectivity index (χ4v) is 6.94. The van der Waals surface area contributed by atoms with E-state index in [0.29, 0.717) is 23.9 Å². The zero-order chi connectivity index (χ0) is 29.2. The summed E-state index contributed by atoms with van der Waals surface area (Å²) in [6.45, 7) is 9.46. The summed E-state index contributed by atoms with van der Waals surface area (Å²) in [5.74, 6) is 2.21. The Hall–Kier alpha value is -3.21. The van der Waals surface area contributed by atoms with Gasteiger partial charge in [-0.2, -0.15) is 0 Å². The summed E-state index contributed by atoms with van der Waals surface area (Å²) in [6.07, 6.45) is 7.56. The second-order valence-corrected chi connectivity index (χ2v) is 12.2. The van der Waals surface area contributed by atoms with Gasteiger partial charge in [0.15, 0.2) is 5.82 Å². The summed E-state index contributed by atoms with van der Waals surface area (Å²) < 4.78 is 5.94. The van der Waals surface area contributed by atoms with Crippen molar-refractivity contribution in [3.63, 3.8) is 0 Å². The minimum atomic E-state index is -0.255. The number of aryl methyl sites for hydroxylation is 1. The second kappa shape index (κ2) is 12.6. The lowest BCUT2D eigenvalue weighted by Gasteiger charge is -2.42. The van der Waals surface area contributed by atoms with Crippen LogP contribution in [0.3, 0.4) is 0 Å². The summed E-state index contributed by atoms with van der Waals surface area (Å²) in [4.78, 5) is 22.0. The quantitative estimate of drug-likeness (QED) is 0.368. The minimum Gasteiger partial charge on any atom is -0.495 e. The van der Waals surface area contributed by atoms with Gasteiger partial charge in [0.05, 0.1) is 24.6 Å². The first kappa shape index (κ1) is 28.9. The molecule has 1 saturated carbocycles. The number of nitrogens with two attached hydrogens (primary N) is 1. The number of ether oxygens (including phenoxy) is 1. The van der Waals surface area contributed by atoms with Crippen LogP contribution in [0.25, 0.3) is 22.2 Å². The lowest BCUT2D eigenvalue weighted by Crippen LogP contribution is -2.52. The Bertz CT molecular complexity index is 1380. The van der Waals surface area contributed by atoms with Crippen LogP contribution >= 0.6 is 0 Å². The Morgan fingerprint density at radius 3 is 2.50 bits per heavy atom. The Morgan fingerprint density at radius 2 is 1.81 bits per heavy atom. The summed E-state index contributed by atoms with van der Waals surface area (Å²) in [5.41, 5.74) is 11.5. The molecule has 2 saturated heterocycles. The molecule has 2 aliphatic heterocycles. The van der Waals surface area contributed by atoms with Crippen molar-refractivity contribution in [1.82, 2.24) is 24.8 Å². The van der Waals surface area contributed by atoms with Gasteiger partial charge in [0, 0.05) is 69.5 Å². The van der Waals surface area contributed by atoms with Crippen molar-refractivity contribution < 1.29 is 9.84 Å². The summed E-state index contributed by atoms with van der Waals surface area (Å²) in [5, 5.41) is 13.8. The van der Waals surface area contributed by atoms with Crippen LogP contribution in [-0.2, 0) is 6.42 Å². The first-order valence-electron chi connectivity index (χ1n) is 15.7. The zero-order valence-corrected chi connectivity index (χ0v) is 25.3. The van der Waals surface area contributed by atoms with E-state index in [1.165, 1.54) is 25.9 Å². The molecule has 42 heavy (non-hydrogen) atoms. The molecule has 2 aromatic heterocycles. The van der Waals surface area contributed by atoms with Crippen LogP contribution < -0.4 is 20.7 Å². The molecule has 6 rings (SSSR count). The number of pyridine rings is 1. The number of methoxy groups -OCH3 is 1. The lowest BCUT2D eigenvalue weighted by molar-refractivity contribution is 0.0981. The average Bonchev–Trinajstić information content (AvgIpc) is 3.44. The number of benzene rings is 1. The maximum Gasteiger partial charge on any atom is 0.151 e. The normalized spacial score (nSPS) is 22.6. The molecular weight excluding hydrogens is 528 g/mol. The third-order valence-corrected chi connectivity index (χ3v) is 9.63. The molecule has 0 amide bonds. The predicted molar refractivity (Wildman–Crippen MR) is 169 cm³/mol. The standard InChI is InChI=1S/C32H46N8O2/c1-4-25-32(35-19-22-6-5-7-27(22)41)37-29-24(20-34-31(33)30(29)36-25)21-8-9-26(28(18-21)42-3)40-12-10-23(11-13-40)39-16-14-38(2)15-17-39/h8-9,18,20,22-23,27,41H,4-7,10-17,19H2,1-3H3,(H2,33,34)(H,35,37). The van der Waals surface area contributed by atoms with Crippen molar-refractivity contribution in [3.05, 3.63) is 30.1 Å². The number of aromatic nitrogens is 3.